The van der Waals surface area contributed by atoms with Crippen LogP contribution in [0.2, 0.25) is 0 Å². The fourth-order valence-electron chi connectivity index (χ4n) is 5.15. The first-order valence-corrected chi connectivity index (χ1v) is 12.7. The number of piperidine rings is 1. The van der Waals surface area contributed by atoms with Crippen LogP contribution in [0.5, 0.6) is 0 Å². The molecule has 1 atom stereocenters. The summed E-state index contributed by atoms with van der Waals surface area (Å²) in [5, 5.41) is 0. The van der Waals surface area contributed by atoms with Crippen LogP contribution < -0.4 is 15.4 Å². The van der Waals surface area contributed by atoms with Crippen LogP contribution in [0, 0.1) is 5.82 Å². The van der Waals surface area contributed by atoms with Gasteiger partial charge in [0, 0.05) is 45.4 Å². The highest BCUT2D eigenvalue weighted by atomic mass is 19.1. The third-order valence-electron chi connectivity index (χ3n) is 7.06. The molecule has 38 heavy (non-hydrogen) atoms. The molecule has 5 rings (SSSR count). The molecule has 9 nitrogen and oxygen atoms in total. The van der Waals surface area contributed by atoms with E-state index in [1.165, 1.54) is 35.9 Å². The summed E-state index contributed by atoms with van der Waals surface area (Å²) in [5.74, 6) is 0.637. The Labute approximate surface area is 220 Å². The Balaban J connectivity index is 1.37. The van der Waals surface area contributed by atoms with Gasteiger partial charge in [-0.05, 0) is 49.6 Å². The van der Waals surface area contributed by atoms with Gasteiger partial charge in [0.05, 0.1) is 17.6 Å². The zero-order valence-corrected chi connectivity index (χ0v) is 21.7. The number of ether oxygens (including phenoxy) is 1. The highest BCUT2D eigenvalue weighted by Crippen LogP contribution is 2.29. The lowest BCUT2D eigenvalue weighted by atomic mass is 10.0. The summed E-state index contributed by atoms with van der Waals surface area (Å²) in [7, 11) is 1.92. The largest absolute Gasteiger partial charge is 0.441 e. The van der Waals surface area contributed by atoms with Crippen molar-refractivity contribution in [2.75, 3.05) is 29.9 Å². The number of carbonyl (C=O) groups excluding carboxylic acids is 1. The van der Waals surface area contributed by atoms with Gasteiger partial charge in [0.25, 0.3) is 5.56 Å². The summed E-state index contributed by atoms with van der Waals surface area (Å²) < 4.78 is 22.4. The number of fused-ring (bicyclic) bond motifs is 1. The Hall–Kier alpha value is -4.21. The van der Waals surface area contributed by atoms with E-state index in [-0.39, 0.29) is 17.4 Å². The molecule has 1 saturated heterocycles. The number of hydrogen-bond donors (Lipinski definition) is 0. The average Bonchev–Trinajstić information content (AvgIpc) is 3.27. The van der Waals surface area contributed by atoms with Gasteiger partial charge in [-0.2, -0.15) is 0 Å². The molecule has 198 valence electrons. The predicted octanol–water partition coefficient (Wildman–Crippen LogP) is 3.97. The number of esters is 1. The van der Waals surface area contributed by atoms with Crippen LogP contribution in [0.15, 0.2) is 65.6 Å². The number of rotatable bonds is 7. The number of hydrogen-bond acceptors (Lipinski definition) is 7. The minimum Gasteiger partial charge on any atom is -0.441 e. The molecule has 1 fully saturated rings. The van der Waals surface area contributed by atoms with Crippen LogP contribution in [0.3, 0.4) is 0 Å². The van der Waals surface area contributed by atoms with Crippen LogP contribution in [0.4, 0.5) is 16.3 Å². The number of halogens is 1. The Bertz CT molecular complexity index is 1490. The number of imidazole rings is 1. The van der Waals surface area contributed by atoms with Crippen molar-refractivity contribution in [1.29, 1.82) is 0 Å². The van der Waals surface area contributed by atoms with Gasteiger partial charge in [-0.15, -0.1) is 0 Å². The molecule has 4 aromatic rings. The van der Waals surface area contributed by atoms with E-state index in [2.05, 4.69) is 20.5 Å². The molecule has 0 spiro atoms. The summed E-state index contributed by atoms with van der Waals surface area (Å²) >= 11 is 0. The minimum atomic E-state index is -0.766. The first kappa shape index (κ1) is 25.4. The number of para-hydroxylation sites is 2. The third-order valence-corrected chi connectivity index (χ3v) is 7.06. The summed E-state index contributed by atoms with van der Waals surface area (Å²) in [5.41, 5.74) is 2.67. The number of anilines is 2. The molecule has 1 unspecified atom stereocenters. The first-order chi connectivity index (χ1) is 18.3. The third kappa shape index (κ3) is 5.11. The maximum atomic E-state index is 13.5. The zero-order valence-electron chi connectivity index (χ0n) is 21.7. The average molecular weight is 519 g/mol. The molecule has 0 saturated carbocycles. The van der Waals surface area contributed by atoms with Crippen molar-refractivity contribution in [3.63, 3.8) is 0 Å². The second kappa shape index (κ2) is 10.6. The standard InChI is InChI=1S/C28H31FN6O3/c1-19(38-20(2)36)35-26(37)12-15-30-27(35)32(3)23-13-16-33(17-14-23)28-31-24-6-4-5-7-25(24)34(28)18-21-8-10-22(29)11-9-21/h4-12,15,19,23H,13-14,16-18H2,1-3H3. The molecule has 0 bridgehead atoms. The van der Waals surface area contributed by atoms with Crippen LogP contribution >= 0.6 is 0 Å². The van der Waals surface area contributed by atoms with Gasteiger partial charge in [-0.3, -0.25) is 9.59 Å². The highest BCUT2D eigenvalue weighted by molar-refractivity contribution is 5.79. The molecule has 0 amide bonds. The van der Waals surface area contributed by atoms with Gasteiger partial charge >= 0.3 is 5.97 Å². The van der Waals surface area contributed by atoms with Gasteiger partial charge in [0.2, 0.25) is 11.9 Å². The maximum absolute atomic E-state index is 13.5. The Morgan fingerprint density at radius 3 is 2.55 bits per heavy atom. The smallest absolute Gasteiger partial charge is 0.304 e. The molecule has 1 aliphatic heterocycles. The molecular weight excluding hydrogens is 487 g/mol. The van der Waals surface area contributed by atoms with Crippen molar-refractivity contribution in [2.45, 2.75) is 45.5 Å². The maximum Gasteiger partial charge on any atom is 0.304 e. The van der Waals surface area contributed by atoms with E-state index < -0.39 is 12.2 Å². The monoisotopic (exact) mass is 518 g/mol. The lowest BCUT2D eigenvalue weighted by Gasteiger charge is -2.38. The van der Waals surface area contributed by atoms with E-state index in [1.54, 1.807) is 19.1 Å². The second-order valence-electron chi connectivity index (χ2n) is 9.60. The summed E-state index contributed by atoms with van der Waals surface area (Å²) in [6.07, 6.45) is 2.36. The molecule has 3 heterocycles. The Morgan fingerprint density at radius 2 is 1.84 bits per heavy atom. The van der Waals surface area contributed by atoms with Crippen LogP contribution in [-0.2, 0) is 16.1 Å². The molecular formula is C28H31FN6O3. The van der Waals surface area contributed by atoms with E-state index in [4.69, 9.17) is 9.72 Å². The zero-order chi connectivity index (χ0) is 26.8. The second-order valence-corrected chi connectivity index (χ2v) is 9.60. The number of nitrogens with zero attached hydrogens (tertiary/aromatic N) is 6. The SMILES string of the molecule is CC(=O)OC(C)n1c(N(C)C2CCN(c3nc4ccccc4n3Cc3ccc(F)cc3)CC2)nccc1=O. The lowest BCUT2D eigenvalue weighted by Crippen LogP contribution is -2.46. The summed E-state index contributed by atoms with van der Waals surface area (Å²) in [6, 6.07) is 16.1. The van der Waals surface area contributed by atoms with Crippen molar-refractivity contribution in [3.05, 3.63) is 82.5 Å². The Kier molecular flexibility index (Phi) is 7.13. The molecule has 10 heteroatoms. The van der Waals surface area contributed by atoms with E-state index in [0.29, 0.717) is 12.5 Å². The van der Waals surface area contributed by atoms with Gasteiger partial charge in [0.15, 0.2) is 6.23 Å². The topological polar surface area (TPSA) is 85.5 Å². The van der Waals surface area contributed by atoms with E-state index in [1.807, 2.05) is 30.1 Å². The van der Waals surface area contributed by atoms with Gasteiger partial charge in [-0.25, -0.2) is 18.9 Å². The number of aromatic nitrogens is 4. The molecule has 2 aromatic heterocycles. The van der Waals surface area contributed by atoms with Crippen molar-refractivity contribution in [1.82, 2.24) is 19.1 Å². The number of carbonyl (C=O) groups is 1. The van der Waals surface area contributed by atoms with Crippen molar-refractivity contribution in [2.24, 2.45) is 0 Å². The fourth-order valence-corrected chi connectivity index (χ4v) is 5.15. The minimum absolute atomic E-state index is 0.131. The normalized spacial score (nSPS) is 15.0. The van der Waals surface area contributed by atoms with Gasteiger partial charge in [-0.1, -0.05) is 24.3 Å². The summed E-state index contributed by atoms with van der Waals surface area (Å²) in [4.78, 5) is 37.8. The quantitative estimate of drug-likeness (QED) is 0.342. The van der Waals surface area contributed by atoms with Crippen LogP contribution in [-0.4, -0.2) is 51.3 Å². The molecule has 0 N–H and O–H groups in total. The molecule has 1 aliphatic rings. The Morgan fingerprint density at radius 1 is 1.13 bits per heavy atom. The first-order valence-electron chi connectivity index (χ1n) is 12.7. The van der Waals surface area contributed by atoms with E-state index in [0.717, 1.165) is 48.5 Å². The molecule has 0 aliphatic carbocycles. The molecule has 0 radical (unpaired) electrons. The van der Waals surface area contributed by atoms with E-state index >= 15 is 0 Å². The van der Waals surface area contributed by atoms with Crippen molar-refractivity contribution < 1.29 is 13.9 Å². The van der Waals surface area contributed by atoms with Crippen molar-refractivity contribution in [3.8, 4) is 0 Å². The number of benzene rings is 2. The van der Waals surface area contributed by atoms with Crippen LogP contribution in [0.25, 0.3) is 11.0 Å². The van der Waals surface area contributed by atoms with Gasteiger partial charge < -0.3 is 19.1 Å². The van der Waals surface area contributed by atoms with Crippen molar-refractivity contribution >= 4 is 28.9 Å². The summed E-state index contributed by atoms with van der Waals surface area (Å²) in [6.45, 7) is 5.09. The lowest BCUT2D eigenvalue weighted by molar-refractivity contribution is -0.149. The van der Waals surface area contributed by atoms with Crippen LogP contribution in [0.1, 0.15) is 38.5 Å². The highest BCUT2D eigenvalue weighted by Gasteiger charge is 2.29. The fraction of sp³-hybridized carbons (Fsp3) is 0.357. The van der Waals surface area contributed by atoms with Gasteiger partial charge in [0.1, 0.15) is 5.82 Å². The molecule has 2 aromatic carbocycles. The predicted molar refractivity (Wildman–Crippen MR) is 144 cm³/mol. The van der Waals surface area contributed by atoms with E-state index in [9.17, 15) is 14.0 Å².